The Balaban J connectivity index is 1.54. The fourth-order valence-corrected chi connectivity index (χ4v) is 3.28. The van der Waals surface area contributed by atoms with Crippen LogP contribution in [-0.4, -0.2) is 16.8 Å². The highest BCUT2D eigenvalue weighted by Crippen LogP contribution is 2.20. The highest BCUT2D eigenvalue weighted by molar-refractivity contribution is 6.31. The zero-order valence-corrected chi connectivity index (χ0v) is 17.3. The van der Waals surface area contributed by atoms with Crippen molar-refractivity contribution in [1.29, 1.82) is 0 Å². The van der Waals surface area contributed by atoms with Gasteiger partial charge in [0, 0.05) is 47.7 Å². The molecule has 0 spiro atoms. The van der Waals surface area contributed by atoms with Crippen LogP contribution in [0.2, 0.25) is 5.02 Å². The summed E-state index contributed by atoms with van der Waals surface area (Å²) in [7, 11) is 0. The maximum Gasteiger partial charge on any atom is 0.255 e. The van der Waals surface area contributed by atoms with Crippen LogP contribution in [0.15, 0.2) is 67.0 Å². The van der Waals surface area contributed by atoms with E-state index in [2.05, 4.69) is 15.6 Å². The number of anilines is 1. The number of amides is 2. The van der Waals surface area contributed by atoms with E-state index in [0.717, 1.165) is 16.7 Å². The first-order valence-corrected chi connectivity index (χ1v) is 9.89. The molecule has 3 aromatic rings. The van der Waals surface area contributed by atoms with Crippen molar-refractivity contribution in [3.05, 3.63) is 94.3 Å². The van der Waals surface area contributed by atoms with Gasteiger partial charge in [-0.2, -0.15) is 0 Å². The number of carbonyl (C=O) groups is 2. The molecule has 0 fully saturated rings. The summed E-state index contributed by atoms with van der Waals surface area (Å²) in [6, 6.07) is 15.5. The van der Waals surface area contributed by atoms with Crippen LogP contribution in [0.1, 0.15) is 39.5 Å². The van der Waals surface area contributed by atoms with E-state index in [0.29, 0.717) is 22.8 Å². The van der Waals surface area contributed by atoms with Crippen molar-refractivity contribution < 1.29 is 9.59 Å². The molecule has 0 radical (unpaired) electrons. The lowest BCUT2D eigenvalue weighted by Gasteiger charge is -2.14. The van der Waals surface area contributed by atoms with Gasteiger partial charge < -0.3 is 16.4 Å². The van der Waals surface area contributed by atoms with Crippen LogP contribution in [0, 0.1) is 6.92 Å². The van der Waals surface area contributed by atoms with E-state index in [1.54, 1.807) is 54.9 Å². The topological polar surface area (TPSA) is 97.1 Å². The largest absolute Gasteiger partial charge is 0.352 e. The van der Waals surface area contributed by atoms with Gasteiger partial charge in [-0.05, 0) is 53.9 Å². The maximum absolute atomic E-state index is 12.3. The summed E-state index contributed by atoms with van der Waals surface area (Å²) in [5.41, 5.74) is 10.0. The first-order valence-electron chi connectivity index (χ1n) is 9.51. The molecule has 0 aliphatic carbocycles. The Bertz CT molecular complexity index is 1000. The van der Waals surface area contributed by atoms with E-state index < -0.39 is 6.04 Å². The number of nitrogens with two attached hydrogens (primary N) is 1. The van der Waals surface area contributed by atoms with Crippen LogP contribution in [0.25, 0.3) is 0 Å². The fraction of sp³-hybridized carbons (Fsp3) is 0.174. The van der Waals surface area contributed by atoms with E-state index in [-0.39, 0.29) is 18.2 Å². The lowest BCUT2D eigenvalue weighted by atomic mass is 10.0. The zero-order valence-electron chi connectivity index (χ0n) is 16.6. The maximum atomic E-state index is 12.3. The number of hydrogen-bond acceptors (Lipinski definition) is 4. The van der Waals surface area contributed by atoms with Crippen LogP contribution in [0.5, 0.6) is 0 Å². The van der Waals surface area contributed by atoms with Gasteiger partial charge in [0.2, 0.25) is 5.91 Å². The second kappa shape index (κ2) is 10.0. The molecule has 1 atom stereocenters. The van der Waals surface area contributed by atoms with Gasteiger partial charge in [0.15, 0.2) is 0 Å². The molecule has 7 heteroatoms. The fourth-order valence-electron chi connectivity index (χ4n) is 2.99. The van der Waals surface area contributed by atoms with Gasteiger partial charge in [0.1, 0.15) is 0 Å². The van der Waals surface area contributed by atoms with Crippen LogP contribution in [0.3, 0.4) is 0 Å². The number of rotatable bonds is 7. The van der Waals surface area contributed by atoms with Crippen LogP contribution < -0.4 is 16.4 Å². The Labute approximate surface area is 180 Å². The average Bonchev–Trinajstić information content (AvgIpc) is 2.74. The number of carbonyl (C=O) groups excluding carboxylic acids is 2. The van der Waals surface area contributed by atoms with Gasteiger partial charge in [-0.1, -0.05) is 35.9 Å². The normalized spacial score (nSPS) is 11.6. The molecule has 0 saturated heterocycles. The first kappa shape index (κ1) is 21.5. The number of benzene rings is 2. The smallest absolute Gasteiger partial charge is 0.255 e. The second-order valence-corrected chi connectivity index (χ2v) is 7.34. The number of pyridine rings is 1. The van der Waals surface area contributed by atoms with Crippen molar-refractivity contribution >= 4 is 29.1 Å². The second-order valence-electron chi connectivity index (χ2n) is 6.93. The van der Waals surface area contributed by atoms with Crippen LogP contribution in [0.4, 0.5) is 5.69 Å². The Morgan fingerprint density at radius 1 is 1.07 bits per heavy atom. The highest BCUT2D eigenvalue weighted by atomic mass is 35.5. The minimum atomic E-state index is -0.477. The third-order valence-corrected chi connectivity index (χ3v) is 5.11. The molecule has 1 unspecified atom stereocenters. The predicted molar refractivity (Wildman–Crippen MR) is 118 cm³/mol. The molecule has 2 aromatic carbocycles. The molecule has 0 aliphatic rings. The first-order chi connectivity index (χ1) is 14.4. The molecule has 1 aromatic heterocycles. The number of aromatic nitrogens is 1. The summed E-state index contributed by atoms with van der Waals surface area (Å²) < 4.78 is 0. The quantitative estimate of drug-likeness (QED) is 0.536. The van der Waals surface area contributed by atoms with E-state index in [4.69, 9.17) is 17.3 Å². The lowest BCUT2D eigenvalue weighted by molar-refractivity contribution is -0.121. The van der Waals surface area contributed by atoms with Crippen molar-refractivity contribution in [2.24, 2.45) is 5.73 Å². The van der Waals surface area contributed by atoms with E-state index in [1.807, 2.05) is 19.1 Å². The van der Waals surface area contributed by atoms with Gasteiger partial charge in [-0.25, -0.2) is 0 Å². The van der Waals surface area contributed by atoms with Gasteiger partial charge in [0.25, 0.3) is 5.91 Å². The number of aryl methyl sites for hydroxylation is 1. The SMILES string of the molecule is Cc1cccc(Cl)c1CNC(=O)CC(N)c1ccc(C(=O)Nc2ccncc2)cc1. The summed E-state index contributed by atoms with van der Waals surface area (Å²) in [6.07, 6.45) is 3.34. The molecule has 2 amide bonds. The number of halogens is 1. The molecule has 0 bridgehead atoms. The lowest BCUT2D eigenvalue weighted by Crippen LogP contribution is -2.27. The number of nitrogens with zero attached hydrogens (tertiary/aromatic N) is 1. The van der Waals surface area contributed by atoms with Gasteiger partial charge in [0.05, 0.1) is 0 Å². The molecule has 1 heterocycles. The van der Waals surface area contributed by atoms with Crippen molar-refractivity contribution in [2.75, 3.05) is 5.32 Å². The molecule has 6 nitrogen and oxygen atoms in total. The molecule has 30 heavy (non-hydrogen) atoms. The molecule has 0 saturated carbocycles. The van der Waals surface area contributed by atoms with Gasteiger partial charge >= 0.3 is 0 Å². The highest BCUT2D eigenvalue weighted by Gasteiger charge is 2.14. The third-order valence-electron chi connectivity index (χ3n) is 4.76. The Morgan fingerprint density at radius 2 is 1.77 bits per heavy atom. The molecular formula is C23H23ClN4O2. The van der Waals surface area contributed by atoms with Crippen molar-refractivity contribution in [3.63, 3.8) is 0 Å². The van der Waals surface area contributed by atoms with Crippen molar-refractivity contribution in [1.82, 2.24) is 10.3 Å². The number of nitrogens with one attached hydrogen (secondary N) is 2. The molecule has 4 N–H and O–H groups in total. The Morgan fingerprint density at radius 3 is 2.43 bits per heavy atom. The Hall–Kier alpha value is -3.22. The standard InChI is InChI=1S/C23H23ClN4O2/c1-15-3-2-4-20(24)19(15)14-27-22(29)13-21(25)16-5-7-17(8-6-16)23(30)28-18-9-11-26-12-10-18/h2-12,21H,13-14,25H2,1H3,(H,27,29)(H,26,28,30). The minimum absolute atomic E-state index is 0.131. The van der Waals surface area contributed by atoms with E-state index in [1.165, 1.54) is 0 Å². The zero-order chi connectivity index (χ0) is 21.5. The predicted octanol–water partition coefficient (Wildman–Crippen LogP) is 4.00. The molecule has 3 rings (SSSR count). The number of hydrogen-bond donors (Lipinski definition) is 3. The summed E-state index contributed by atoms with van der Waals surface area (Å²) in [5, 5.41) is 6.29. The summed E-state index contributed by atoms with van der Waals surface area (Å²) in [6.45, 7) is 2.30. The van der Waals surface area contributed by atoms with Crippen molar-refractivity contribution in [3.8, 4) is 0 Å². The van der Waals surface area contributed by atoms with Gasteiger partial charge in [-0.15, -0.1) is 0 Å². The summed E-state index contributed by atoms with van der Waals surface area (Å²) in [4.78, 5) is 28.5. The molecule has 154 valence electrons. The third kappa shape index (κ3) is 5.65. The van der Waals surface area contributed by atoms with Crippen molar-refractivity contribution in [2.45, 2.75) is 25.9 Å². The monoisotopic (exact) mass is 422 g/mol. The molecule has 0 aliphatic heterocycles. The van der Waals surface area contributed by atoms with Crippen LogP contribution >= 0.6 is 11.6 Å². The van der Waals surface area contributed by atoms with Crippen LogP contribution in [-0.2, 0) is 11.3 Å². The van der Waals surface area contributed by atoms with E-state index in [9.17, 15) is 9.59 Å². The summed E-state index contributed by atoms with van der Waals surface area (Å²) in [5.74, 6) is -0.393. The molecular weight excluding hydrogens is 400 g/mol. The average molecular weight is 423 g/mol. The summed E-state index contributed by atoms with van der Waals surface area (Å²) >= 11 is 6.19. The van der Waals surface area contributed by atoms with E-state index >= 15 is 0 Å². The minimum Gasteiger partial charge on any atom is -0.352 e. The van der Waals surface area contributed by atoms with Gasteiger partial charge in [-0.3, -0.25) is 14.6 Å². The Kier molecular flexibility index (Phi) is 7.17.